The second kappa shape index (κ2) is 6.38. The van der Waals surface area contributed by atoms with Crippen LogP contribution in [0, 0.1) is 0 Å². The van der Waals surface area contributed by atoms with Crippen molar-refractivity contribution in [3.63, 3.8) is 0 Å². The molecule has 0 heterocycles. The van der Waals surface area contributed by atoms with Crippen LogP contribution in [0.15, 0.2) is 12.1 Å². The Bertz CT molecular complexity index is 366. The topological polar surface area (TPSA) is 20.2 Å². The summed E-state index contributed by atoms with van der Waals surface area (Å²) in [4.78, 5) is 0. The third-order valence-corrected chi connectivity index (χ3v) is 3.95. The van der Waals surface area contributed by atoms with Gasteiger partial charge in [0.05, 0.1) is 0 Å². The molecule has 0 amide bonds. The molecule has 1 heteroatoms. The van der Waals surface area contributed by atoms with Crippen LogP contribution in [-0.4, -0.2) is 11.7 Å². The van der Waals surface area contributed by atoms with E-state index < -0.39 is 0 Å². The summed E-state index contributed by atoms with van der Waals surface area (Å²) in [6.45, 7) is 11.4. The molecule has 0 aromatic heterocycles. The van der Waals surface area contributed by atoms with Gasteiger partial charge in [-0.25, -0.2) is 0 Å². The number of hydrogen-bond donors (Lipinski definition) is 1. The van der Waals surface area contributed by atoms with Gasteiger partial charge in [0, 0.05) is 6.61 Å². The highest BCUT2D eigenvalue weighted by Crippen LogP contribution is 2.34. The third-order valence-electron chi connectivity index (χ3n) is 3.95. The number of benzene rings is 1. The van der Waals surface area contributed by atoms with Gasteiger partial charge in [0.1, 0.15) is 0 Å². The van der Waals surface area contributed by atoms with Gasteiger partial charge in [-0.1, -0.05) is 46.8 Å². The highest BCUT2D eigenvalue weighted by molar-refractivity contribution is 5.44. The Hall–Kier alpha value is -0.820. The van der Waals surface area contributed by atoms with Gasteiger partial charge in [-0.2, -0.15) is 0 Å². The molecule has 0 bridgehead atoms. The maximum atomic E-state index is 9.29. The lowest BCUT2D eigenvalue weighted by Crippen LogP contribution is -2.23. The lowest BCUT2D eigenvalue weighted by Gasteiger charge is -2.30. The van der Waals surface area contributed by atoms with Crippen LogP contribution in [-0.2, 0) is 24.7 Å². The molecule has 0 saturated carbocycles. The van der Waals surface area contributed by atoms with E-state index in [0.29, 0.717) is 0 Å². The summed E-state index contributed by atoms with van der Waals surface area (Å²) in [6, 6.07) is 4.71. The van der Waals surface area contributed by atoms with E-state index in [1.807, 2.05) is 0 Å². The fraction of sp³-hybridized carbons (Fsp3) is 0.647. The van der Waals surface area contributed by atoms with Crippen LogP contribution in [0.2, 0.25) is 0 Å². The molecule has 1 nitrogen and oxygen atoms in total. The zero-order chi connectivity index (χ0) is 13.8. The van der Waals surface area contributed by atoms with E-state index in [1.165, 1.54) is 22.3 Å². The van der Waals surface area contributed by atoms with Gasteiger partial charge in [-0.15, -0.1) is 0 Å². The minimum absolute atomic E-state index is 0.0672. The largest absolute Gasteiger partial charge is 0.396 e. The fourth-order valence-corrected chi connectivity index (χ4v) is 2.88. The number of aliphatic hydroxyl groups excluding tert-OH is 1. The summed E-state index contributed by atoms with van der Waals surface area (Å²) in [5, 5.41) is 9.29. The molecule has 18 heavy (non-hydrogen) atoms. The van der Waals surface area contributed by atoms with E-state index in [-0.39, 0.29) is 12.0 Å². The first-order valence-electron chi connectivity index (χ1n) is 7.26. The van der Waals surface area contributed by atoms with Crippen LogP contribution in [0.4, 0.5) is 0 Å². The molecule has 0 spiro atoms. The van der Waals surface area contributed by atoms with Crippen molar-refractivity contribution in [2.75, 3.05) is 6.61 Å². The summed E-state index contributed by atoms with van der Waals surface area (Å²) in [7, 11) is 0. The van der Waals surface area contributed by atoms with Crippen molar-refractivity contribution < 1.29 is 5.11 Å². The molecule has 0 fully saturated rings. The molecular weight excluding hydrogens is 220 g/mol. The van der Waals surface area contributed by atoms with Crippen LogP contribution in [0.25, 0.3) is 0 Å². The van der Waals surface area contributed by atoms with Gasteiger partial charge in [0.15, 0.2) is 0 Å². The first-order valence-corrected chi connectivity index (χ1v) is 7.26. The molecule has 1 N–H and O–H groups in total. The Kier molecular flexibility index (Phi) is 5.40. The maximum absolute atomic E-state index is 9.29. The van der Waals surface area contributed by atoms with Gasteiger partial charge >= 0.3 is 0 Å². The van der Waals surface area contributed by atoms with Crippen LogP contribution in [0.1, 0.15) is 63.3 Å². The van der Waals surface area contributed by atoms with Crippen molar-refractivity contribution in [3.05, 3.63) is 34.4 Å². The van der Waals surface area contributed by atoms with Gasteiger partial charge in [-0.3, -0.25) is 0 Å². The Morgan fingerprint density at radius 2 is 1.44 bits per heavy atom. The minimum atomic E-state index is 0.0672. The molecule has 0 unspecified atom stereocenters. The molecule has 0 saturated heterocycles. The van der Waals surface area contributed by atoms with Crippen molar-refractivity contribution in [2.24, 2.45) is 0 Å². The SMILES string of the molecule is CCc1cc(CC)c(C(C)(C)CCO)c(CC)c1. The summed E-state index contributed by atoms with van der Waals surface area (Å²) in [5.41, 5.74) is 5.90. The second-order valence-corrected chi connectivity index (χ2v) is 5.71. The van der Waals surface area contributed by atoms with Crippen molar-refractivity contribution in [1.82, 2.24) is 0 Å². The molecule has 0 radical (unpaired) electrons. The smallest absolute Gasteiger partial charge is 0.0439 e. The fourth-order valence-electron chi connectivity index (χ4n) is 2.88. The molecule has 1 aromatic rings. The van der Waals surface area contributed by atoms with Crippen LogP contribution < -0.4 is 0 Å². The molecule has 102 valence electrons. The second-order valence-electron chi connectivity index (χ2n) is 5.71. The summed E-state index contributed by atoms with van der Waals surface area (Å²) in [6.07, 6.45) is 4.08. The summed E-state index contributed by atoms with van der Waals surface area (Å²) >= 11 is 0. The molecule has 0 aliphatic carbocycles. The van der Waals surface area contributed by atoms with E-state index in [2.05, 4.69) is 46.8 Å². The first kappa shape index (κ1) is 15.2. The summed E-state index contributed by atoms with van der Waals surface area (Å²) in [5.74, 6) is 0. The van der Waals surface area contributed by atoms with Crippen LogP contribution in [0.3, 0.4) is 0 Å². The lowest BCUT2D eigenvalue weighted by molar-refractivity contribution is 0.251. The van der Waals surface area contributed by atoms with Crippen LogP contribution in [0.5, 0.6) is 0 Å². The standard InChI is InChI=1S/C17H28O/c1-6-13-11-14(7-2)16(15(8-3)12-13)17(4,5)9-10-18/h11-12,18H,6-10H2,1-5H3. The van der Waals surface area contributed by atoms with Crippen molar-refractivity contribution in [1.29, 1.82) is 0 Å². The van der Waals surface area contributed by atoms with Crippen molar-refractivity contribution >= 4 is 0 Å². The molecule has 0 aliphatic rings. The van der Waals surface area contributed by atoms with Crippen molar-refractivity contribution in [3.8, 4) is 0 Å². The van der Waals surface area contributed by atoms with Crippen molar-refractivity contribution in [2.45, 2.75) is 65.7 Å². The zero-order valence-electron chi connectivity index (χ0n) is 12.6. The Balaban J connectivity index is 3.39. The highest BCUT2D eigenvalue weighted by atomic mass is 16.3. The molecule has 0 aliphatic heterocycles. The Morgan fingerprint density at radius 3 is 1.78 bits per heavy atom. The van der Waals surface area contributed by atoms with E-state index in [1.54, 1.807) is 0 Å². The normalized spacial score (nSPS) is 11.9. The number of aryl methyl sites for hydroxylation is 3. The Labute approximate surface area is 112 Å². The van der Waals surface area contributed by atoms with Gasteiger partial charge in [0.2, 0.25) is 0 Å². The number of aliphatic hydroxyl groups is 1. The predicted octanol–water partition coefficient (Wildman–Crippen LogP) is 4.03. The van der Waals surface area contributed by atoms with Crippen LogP contribution >= 0.6 is 0 Å². The third kappa shape index (κ3) is 3.14. The molecule has 0 atom stereocenters. The van der Waals surface area contributed by atoms with E-state index >= 15 is 0 Å². The quantitative estimate of drug-likeness (QED) is 0.805. The maximum Gasteiger partial charge on any atom is 0.0439 e. The van der Waals surface area contributed by atoms with Gasteiger partial charge < -0.3 is 5.11 Å². The average molecular weight is 248 g/mol. The summed E-state index contributed by atoms with van der Waals surface area (Å²) < 4.78 is 0. The van der Waals surface area contributed by atoms with E-state index in [9.17, 15) is 5.11 Å². The molecular formula is C17H28O. The zero-order valence-corrected chi connectivity index (χ0v) is 12.6. The lowest BCUT2D eigenvalue weighted by atomic mass is 9.75. The van der Waals surface area contributed by atoms with E-state index in [4.69, 9.17) is 0 Å². The minimum Gasteiger partial charge on any atom is -0.396 e. The number of hydrogen-bond acceptors (Lipinski definition) is 1. The monoisotopic (exact) mass is 248 g/mol. The first-order chi connectivity index (χ1) is 8.50. The molecule has 1 aromatic carbocycles. The Morgan fingerprint density at radius 1 is 0.944 bits per heavy atom. The van der Waals surface area contributed by atoms with Gasteiger partial charge in [0.25, 0.3) is 0 Å². The average Bonchev–Trinajstić information content (AvgIpc) is 2.36. The van der Waals surface area contributed by atoms with E-state index in [0.717, 1.165) is 25.7 Å². The van der Waals surface area contributed by atoms with Gasteiger partial charge in [-0.05, 0) is 53.4 Å². The predicted molar refractivity (Wildman–Crippen MR) is 79.3 cm³/mol. The highest BCUT2D eigenvalue weighted by Gasteiger charge is 2.25. The number of rotatable bonds is 6. The molecule has 1 rings (SSSR count).